The highest BCUT2D eigenvalue weighted by Gasteiger charge is 2.28. The Bertz CT molecular complexity index is 500. The van der Waals surface area contributed by atoms with E-state index in [9.17, 15) is 14.7 Å². The zero-order chi connectivity index (χ0) is 12.6. The molecule has 1 unspecified atom stereocenters. The van der Waals surface area contributed by atoms with Crippen molar-refractivity contribution in [3.05, 3.63) is 28.3 Å². The molecule has 1 heterocycles. The van der Waals surface area contributed by atoms with Crippen molar-refractivity contribution in [1.29, 1.82) is 0 Å². The van der Waals surface area contributed by atoms with E-state index in [4.69, 9.17) is 11.6 Å². The van der Waals surface area contributed by atoms with E-state index in [1.807, 2.05) is 0 Å². The van der Waals surface area contributed by atoms with Gasteiger partial charge in [-0.2, -0.15) is 0 Å². The third-order valence-electron chi connectivity index (χ3n) is 2.55. The van der Waals surface area contributed by atoms with Gasteiger partial charge in [0.15, 0.2) is 6.10 Å². The number of hydrogen-bond donors (Lipinski definition) is 2. The Morgan fingerprint density at radius 2 is 2.29 bits per heavy atom. The molecule has 0 fully saturated rings. The summed E-state index contributed by atoms with van der Waals surface area (Å²) in [4.78, 5) is 22.6. The number of nitrogens with one attached hydrogen (secondary N) is 1. The number of fused-ring (bicyclic) bond motifs is 1. The summed E-state index contributed by atoms with van der Waals surface area (Å²) >= 11 is 5.87. The average molecular weight is 256 g/mol. The van der Waals surface area contributed by atoms with Crippen LogP contribution in [0.1, 0.15) is 17.2 Å². The second-order valence-corrected chi connectivity index (χ2v) is 4.12. The van der Waals surface area contributed by atoms with Crippen LogP contribution in [0.5, 0.6) is 0 Å². The number of ether oxygens (including phenoxy) is 1. The van der Waals surface area contributed by atoms with Gasteiger partial charge in [-0.05, 0) is 17.7 Å². The van der Waals surface area contributed by atoms with E-state index in [2.05, 4.69) is 10.1 Å². The highest BCUT2D eigenvalue weighted by Crippen LogP contribution is 2.34. The molecule has 0 spiro atoms. The molecule has 0 bridgehead atoms. The summed E-state index contributed by atoms with van der Waals surface area (Å²) < 4.78 is 4.45. The van der Waals surface area contributed by atoms with Crippen LogP contribution in [0, 0.1) is 0 Å². The second kappa shape index (κ2) is 4.35. The number of hydrogen-bond acceptors (Lipinski definition) is 4. The van der Waals surface area contributed by atoms with Crippen molar-refractivity contribution >= 4 is 29.2 Å². The van der Waals surface area contributed by atoms with Crippen LogP contribution >= 0.6 is 11.6 Å². The first-order valence-electron chi connectivity index (χ1n) is 4.91. The molecule has 17 heavy (non-hydrogen) atoms. The van der Waals surface area contributed by atoms with Gasteiger partial charge >= 0.3 is 5.97 Å². The summed E-state index contributed by atoms with van der Waals surface area (Å²) in [6.07, 6.45) is -1.26. The molecule has 2 rings (SSSR count). The van der Waals surface area contributed by atoms with Gasteiger partial charge in [-0.25, -0.2) is 4.79 Å². The summed E-state index contributed by atoms with van der Waals surface area (Å²) in [7, 11) is 1.18. The Kier molecular flexibility index (Phi) is 3.04. The number of esters is 1. The van der Waals surface area contributed by atoms with Crippen LogP contribution in [-0.2, 0) is 20.7 Å². The fourth-order valence-corrected chi connectivity index (χ4v) is 2.04. The number of amides is 1. The largest absolute Gasteiger partial charge is 0.467 e. The lowest BCUT2D eigenvalue weighted by Crippen LogP contribution is -2.15. The van der Waals surface area contributed by atoms with E-state index >= 15 is 0 Å². The van der Waals surface area contributed by atoms with Crippen LogP contribution in [0.2, 0.25) is 5.02 Å². The molecule has 0 aromatic heterocycles. The Labute approximate surface area is 102 Å². The van der Waals surface area contributed by atoms with E-state index in [0.717, 1.165) is 0 Å². The molecular formula is C11H10ClNO4. The number of anilines is 1. The summed E-state index contributed by atoms with van der Waals surface area (Å²) in [5.74, 6) is -0.990. The monoisotopic (exact) mass is 255 g/mol. The van der Waals surface area contributed by atoms with E-state index in [1.165, 1.54) is 13.2 Å². The van der Waals surface area contributed by atoms with Crippen LogP contribution in [0.4, 0.5) is 5.69 Å². The molecule has 1 aromatic carbocycles. The van der Waals surface area contributed by atoms with Crippen molar-refractivity contribution < 1.29 is 19.4 Å². The first-order chi connectivity index (χ1) is 8.02. The van der Waals surface area contributed by atoms with Gasteiger partial charge < -0.3 is 15.2 Å². The second-order valence-electron chi connectivity index (χ2n) is 3.68. The lowest BCUT2D eigenvalue weighted by Gasteiger charge is -2.13. The molecular weight excluding hydrogens is 246 g/mol. The first kappa shape index (κ1) is 11.9. The van der Waals surface area contributed by atoms with E-state index in [0.29, 0.717) is 16.3 Å². The Morgan fingerprint density at radius 3 is 2.94 bits per heavy atom. The van der Waals surface area contributed by atoms with Crippen molar-refractivity contribution in [3.8, 4) is 0 Å². The summed E-state index contributed by atoms with van der Waals surface area (Å²) in [5.41, 5.74) is 1.36. The Morgan fingerprint density at radius 1 is 1.59 bits per heavy atom. The molecule has 1 aliphatic rings. The lowest BCUT2D eigenvalue weighted by atomic mass is 10.0. The van der Waals surface area contributed by atoms with Gasteiger partial charge in [0.05, 0.1) is 19.2 Å². The molecule has 0 aliphatic carbocycles. The van der Waals surface area contributed by atoms with Crippen LogP contribution < -0.4 is 5.32 Å². The third kappa shape index (κ3) is 2.11. The number of carbonyl (C=O) groups is 2. The number of benzene rings is 1. The molecule has 1 aromatic rings. The van der Waals surface area contributed by atoms with Gasteiger partial charge in [0.2, 0.25) is 5.91 Å². The van der Waals surface area contributed by atoms with Crippen molar-refractivity contribution in [2.75, 3.05) is 12.4 Å². The fourth-order valence-electron chi connectivity index (χ4n) is 1.79. The molecule has 0 radical (unpaired) electrons. The van der Waals surface area contributed by atoms with Crippen LogP contribution in [0.3, 0.4) is 0 Å². The van der Waals surface area contributed by atoms with Gasteiger partial charge in [-0.1, -0.05) is 11.6 Å². The molecule has 2 N–H and O–H groups in total. The van der Waals surface area contributed by atoms with Crippen molar-refractivity contribution in [3.63, 3.8) is 0 Å². The molecule has 1 atom stereocenters. The molecule has 0 saturated heterocycles. The topological polar surface area (TPSA) is 75.6 Å². The molecule has 5 nitrogen and oxygen atoms in total. The van der Waals surface area contributed by atoms with Crippen LogP contribution in [-0.4, -0.2) is 24.1 Å². The highest BCUT2D eigenvalue weighted by molar-refractivity contribution is 6.31. The summed E-state index contributed by atoms with van der Waals surface area (Å²) in [6, 6.07) is 3.07. The summed E-state index contributed by atoms with van der Waals surface area (Å²) in [6.45, 7) is 0. The number of halogens is 1. The number of aliphatic hydroxyl groups is 1. The first-order valence-corrected chi connectivity index (χ1v) is 5.28. The quantitative estimate of drug-likeness (QED) is 0.775. The minimum atomic E-state index is -1.45. The zero-order valence-electron chi connectivity index (χ0n) is 8.99. The van der Waals surface area contributed by atoms with Gasteiger partial charge in [-0.3, -0.25) is 4.79 Å². The molecule has 6 heteroatoms. The molecule has 90 valence electrons. The number of rotatable bonds is 2. The van der Waals surface area contributed by atoms with Crippen molar-refractivity contribution in [2.24, 2.45) is 0 Å². The smallest absolute Gasteiger partial charge is 0.339 e. The van der Waals surface area contributed by atoms with Crippen LogP contribution in [0.15, 0.2) is 12.1 Å². The summed E-state index contributed by atoms with van der Waals surface area (Å²) in [5, 5.41) is 12.7. The van der Waals surface area contributed by atoms with Gasteiger partial charge in [-0.15, -0.1) is 0 Å². The zero-order valence-corrected chi connectivity index (χ0v) is 9.75. The number of methoxy groups -OCH3 is 1. The maximum Gasteiger partial charge on any atom is 0.339 e. The maximum absolute atomic E-state index is 11.3. The standard InChI is InChI=1S/C11H10ClNO4/c1-17-11(16)10(15)7-4-6(12)2-5-3-8(14)13-9(5)7/h2,4,10,15H,3H2,1H3,(H,13,14). The normalized spacial score (nSPS) is 15.1. The minimum absolute atomic E-state index is 0.191. The SMILES string of the molecule is COC(=O)C(O)c1cc(Cl)cc2c1NC(=O)C2. The van der Waals surface area contributed by atoms with Gasteiger partial charge in [0.25, 0.3) is 0 Å². The fraction of sp³-hybridized carbons (Fsp3) is 0.273. The molecule has 0 saturated carbocycles. The maximum atomic E-state index is 11.3. The number of aliphatic hydroxyl groups excluding tert-OH is 1. The lowest BCUT2D eigenvalue weighted by molar-refractivity contribution is -0.150. The van der Waals surface area contributed by atoms with E-state index in [-0.39, 0.29) is 17.9 Å². The van der Waals surface area contributed by atoms with E-state index in [1.54, 1.807) is 6.07 Å². The molecule has 1 amide bonds. The minimum Gasteiger partial charge on any atom is -0.467 e. The Balaban J connectivity index is 2.48. The average Bonchev–Trinajstić information content (AvgIpc) is 2.66. The predicted molar refractivity (Wildman–Crippen MR) is 60.8 cm³/mol. The molecule has 1 aliphatic heterocycles. The third-order valence-corrected chi connectivity index (χ3v) is 2.77. The Hall–Kier alpha value is -1.59. The van der Waals surface area contributed by atoms with Crippen molar-refractivity contribution in [1.82, 2.24) is 0 Å². The van der Waals surface area contributed by atoms with E-state index < -0.39 is 12.1 Å². The number of carbonyl (C=O) groups excluding carboxylic acids is 2. The van der Waals surface area contributed by atoms with Gasteiger partial charge in [0, 0.05) is 10.6 Å². The van der Waals surface area contributed by atoms with Crippen LogP contribution in [0.25, 0.3) is 0 Å². The highest BCUT2D eigenvalue weighted by atomic mass is 35.5. The van der Waals surface area contributed by atoms with Crippen molar-refractivity contribution in [2.45, 2.75) is 12.5 Å². The predicted octanol–water partition coefficient (Wildman–Crippen LogP) is 1.04. The van der Waals surface area contributed by atoms with Gasteiger partial charge in [0.1, 0.15) is 0 Å².